The number of aliphatic carboxylic acids is 1. The van der Waals surface area contributed by atoms with Crippen molar-refractivity contribution < 1.29 is 18.3 Å². The van der Waals surface area contributed by atoms with Crippen molar-refractivity contribution in [3.8, 4) is 0 Å². The molecule has 1 aliphatic heterocycles. The molecule has 1 aliphatic rings. The molecular weight excluding hydrogens is 288 g/mol. The summed E-state index contributed by atoms with van der Waals surface area (Å²) in [6.45, 7) is 2.32. The lowest BCUT2D eigenvalue weighted by Gasteiger charge is -2.33. The first-order chi connectivity index (χ1) is 8.88. The lowest BCUT2D eigenvalue weighted by Crippen LogP contribution is -2.52. The molecule has 0 aromatic rings. The van der Waals surface area contributed by atoms with Crippen LogP contribution in [0.4, 0.5) is 0 Å². The summed E-state index contributed by atoms with van der Waals surface area (Å²) in [5.41, 5.74) is 0. The predicted octanol–water partition coefficient (Wildman–Crippen LogP) is 0.901. The van der Waals surface area contributed by atoms with Crippen LogP contribution in [-0.2, 0) is 15.0 Å². The maximum Gasteiger partial charge on any atom is 0.321 e. The molecule has 1 saturated heterocycles. The molecule has 0 spiro atoms. The SMILES string of the molecule is CSCC[C@@H](NS(=O)(=O)N1CCCCC1C)C(=O)O. The lowest BCUT2D eigenvalue weighted by atomic mass is 10.1. The van der Waals surface area contributed by atoms with Crippen molar-refractivity contribution in [2.45, 2.75) is 44.7 Å². The number of piperidine rings is 1. The minimum absolute atomic E-state index is 0.0683. The van der Waals surface area contributed by atoms with E-state index < -0.39 is 22.2 Å². The molecule has 0 aromatic carbocycles. The van der Waals surface area contributed by atoms with Gasteiger partial charge in [-0.2, -0.15) is 29.2 Å². The molecule has 0 radical (unpaired) electrons. The van der Waals surface area contributed by atoms with Gasteiger partial charge in [-0.25, -0.2) is 0 Å². The Kier molecular flexibility index (Phi) is 6.58. The lowest BCUT2D eigenvalue weighted by molar-refractivity contribution is -0.139. The number of carboxylic acids is 1. The van der Waals surface area contributed by atoms with Crippen LogP contribution in [0.1, 0.15) is 32.6 Å². The fourth-order valence-corrected chi connectivity index (χ4v) is 4.28. The highest BCUT2D eigenvalue weighted by atomic mass is 32.2. The van der Waals surface area contributed by atoms with E-state index in [0.717, 1.165) is 19.3 Å². The van der Waals surface area contributed by atoms with E-state index in [0.29, 0.717) is 12.3 Å². The van der Waals surface area contributed by atoms with Crippen LogP contribution >= 0.6 is 11.8 Å². The first-order valence-corrected chi connectivity index (χ1v) is 9.22. The standard InChI is InChI=1S/C11H22N2O4S2/c1-9-5-3-4-7-13(9)19(16,17)12-10(11(14)15)6-8-18-2/h9-10,12H,3-8H2,1-2H3,(H,14,15)/t9?,10-/m1/s1. The van der Waals surface area contributed by atoms with E-state index in [-0.39, 0.29) is 12.5 Å². The second-order valence-electron chi connectivity index (χ2n) is 4.75. The minimum Gasteiger partial charge on any atom is -0.480 e. The van der Waals surface area contributed by atoms with Crippen LogP contribution in [0.25, 0.3) is 0 Å². The monoisotopic (exact) mass is 310 g/mol. The highest BCUT2D eigenvalue weighted by Crippen LogP contribution is 2.19. The van der Waals surface area contributed by atoms with Crippen LogP contribution in [0.15, 0.2) is 0 Å². The van der Waals surface area contributed by atoms with Gasteiger partial charge >= 0.3 is 5.97 Å². The van der Waals surface area contributed by atoms with Crippen molar-refractivity contribution in [2.24, 2.45) is 0 Å². The Balaban J connectivity index is 2.72. The number of rotatable bonds is 7. The van der Waals surface area contributed by atoms with Crippen LogP contribution in [0.3, 0.4) is 0 Å². The van der Waals surface area contributed by atoms with Crippen molar-refractivity contribution >= 4 is 27.9 Å². The summed E-state index contributed by atoms with van der Waals surface area (Å²) in [7, 11) is -3.71. The molecule has 2 N–H and O–H groups in total. The molecular formula is C11H22N2O4S2. The molecule has 0 bridgehead atoms. The number of nitrogens with one attached hydrogen (secondary N) is 1. The number of carbonyl (C=O) groups is 1. The van der Waals surface area contributed by atoms with E-state index in [2.05, 4.69) is 4.72 Å². The largest absolute Gasteiger partial charge is 0.480 e. The van der Waals surface area contributed by atoms with Gasteiger partial charge in [0, 0.05) is 12.6 Å². The zero-order chi connectivity index (χ0) is 14.5. The van der Waals surface area contributed by atoms with Gasteiger partial charge < -0.3 is 5.11 Å². The second-order valence-corrected chi connectivity index (χ2v) is 7.39. The number of hydrogen-bond donors (Lipinski definition) is 2. The molecule has 19 heavy (non-hydrogen) atoms. The Morgan fingerprint density at radius 2 is 2.21 bits per heavy atom. The van der Waals surface area contributed by atoms with Gasteiger partial charge in [-0.3, -0.25) is 4.79 Å². The molecule has 8 heteroatoms. The normalized spacial score (nSPS) is 23.2. The highest BCUT2D eigenvalue weighted by Gasteiger charge is 2.33. The van der Waals surface area contributed by atoms with Gasteiger partial charge in [-0.05, 0) is 38.2 Å². The smallest absolute Gasteiger partial charge is 0.321 e. The predicted molar refractivity (Wildman–Crippen MR) is 76.5 cm³/mol. The number of thioether (sulfide) groups is 1. The van der Waals surface area contributed by atoms with Crippen LogP contribution < -0.4 is 4.72 Å². The number of nitrogens with zero attached hydrogens (tertiary/aromatic N) is 1. The summed E-state index contributed by atoms with van der Waals surface area (Å²) < 4.78 is 28.1. The van der Waals surface area contributed by atoms with Crippen LogP contribution in [-0.4, -0.2) is 54.4 Å². The van der Waals surface area contributed by atoms with E-state index >= 15 is 0 Å². The minimum atomic E-state index is -3.71. The molecule has 6 nitrogen and oxygen atoms in total. The Morgan fingerprint density at radius 1 is 1.53 bits per heavy atom. The topological polar surface area (TPSA) is 86.7 Å². The summed E-state index contributed by atoms with van der Waals surface area (Å²) in [5, 5.41) is 9.07. The first kappa shape index (κ1) is 16.7. The molecule has 1 unspecified atom stereocenters. The molecule has 1 fully saturated rings. The van der Waals surface area contributed by atoms with Crippen LogP contribution in [0.5, 0.6) is 0 Å². The quantitative estimate of drug-likeness (QED) is 0.729. The van der Waals surface area contributed by atoms with E-state index in [1.165, 1.54) is 16.1 Å². The van der Waals surface area contributed by atoms with Crippen LogP contribution in [0, 0.1) is 0 Å². The number of carboxylic acid groups (broad SMARTS) is 1. The molecule has 0 saturated carbocycles. The summed E-state index contributed by atoms with van der Waals surface area (Å²) in [6, 6.07) is -1.12. The summed E-state index contributed by atoms with van der Waals surface area (Å²) in [4.78, 5) is 11.1. The van der Waals surface area contributed by atoms with E-state index in [1.54, 1.807) is 0 Å². The first-order valence-electron chi connectivity index (χ1n) is 6.39. The van der Waals surface area contributed by atoms with Crippen molar-refractivity contribution in [3.63, 3.8) is 0 Å². The third-order valence-electron chi connectivity index (χ3n) is 3.25. The van der Waals surface area contributed by atoms with Gasteiger partial charge in [-0.1, -0.05) is 6.42 Å². The summed E-state index contributed by atoms with van der Waals surface area (Å²) in [6.07, 6.45) is 4.82. The summed E-state index contributed by atoms with van der Waals surface area (Å²) in [5.74, 6) is -0.517. The third-order valence-corrected chi connectivity index (χ3v) is 5.64. The summed E-state index contributed by atoms with van der Waals surface area (Å²) >= 11 is 1.50. The van der Waals surface area contributed by atoms with Crippen molar-refractivity contribution in [1.29, 1.82) is 0 Å². The van der Waals surface area contributed by atoms with Crippen molar-refractivity contribution in [3.05, 3.63) is 0 Å². The molecule has 0 amide bonds. The molecule has 0 aromatic heterocycles. The Bertz CT molecular complexity index is 399. The molecule has 1 rings (SSSR count). The third kappa shape index (κ3) is 4.94. The average molecular weight is 310 g/mol. The molecule has 1 heterocycles. The van der Waals surface area contributed by atoms with Gasteiger partial charge in [-0.15, -0.1) is 0 Å². The maximum atomic E-state index is 12.2. The fraction of sp³-hybridized carbons (Fsp3) is 0.909. The van der Waals surface area contributed by atoms with Gasteiger partial charge in [0.1, 0.15) is 6.04 Å². The Hall–Kier alpha value is -0.310. The average Bonchev–Trinajstić information content (AvgIpc) is 2.34. The van der Waals surface area contributed by atoms with Gasteiger partial charge in [0.2, 0.25) is 0 Å². The maximum absolute atomic E-state index is 12.2. The molecule has 0 aliphatic carbocycles. The van der Waals surface area contributed by atoms with Crippen molar-refractivity contribution in [2.75, 3.05) is 18.6 Å². The molecule has 2 atom stereocenters. The van der Waals surface area contributed by atoms with Gasteiger partial charge in [0.25, 0.3) is 10.2 Å². The van der Waals surface area contributed by atoms with Gasteiger partial charge in [0.05, 0.1) is 0 Å². The zero-order valence-corrected chi connectivity index (χ0v) is 13.0. The van der Waals surface area contributed by atoms with E-state index in [1.807, 2.05) is 13.2 Å². The van der Waals surface area contributed by atoms with E-state index in [4.69, 9.17) is 5.11 Å². The van der Waals surface area contributed by atoms with E-state index in [9.17, 15) is 13.2 Å². The number of hydrogen-bond acceptors (Lipinski definition) is 4. The highest BCUT2D eigenvalue weighted by molar-refractivity contribution is 7.98. The van der Waals surface area contributed by atoms with Crippen molar-refractivity contribution in [1.82, 2.24) is 9.03 Å². The zero-order valence-electron chi connectivity index (χ0n) is 11.3. The molecule has 112 valence electrons. The van der Waals surface area contributed by atoms with Gasteiger partial charge in [0.15, 0.2) is 0 Å². The fourth-order valence-electron chi connectivity index (χ4n) is 2.14. The Labute approximate surface area is 119 Å². The second kappa shape index (κ2) is 7.47. The van der Waals surface area contributed by atoms with Crippen LogP contribution in [0.2, 0.25) is 0 Å². The Morgan fingerprint density at radius 3 is 2.74 bits per heavy atom.